The molecule has 31 heavy (non-hydrogen) atoms. The van der Waals surface area contributed by atoms with Crippen LogP contribution in [-0.4, -0.2) is 30.6 Å². The van der Waals surface area contributed by atoms with Gasteiger partial charge in [-0.1, -0.05) is 18.2 Å². The predicted molar refractivity (Wildman–Crippen MR) is 119 cm³/mol. The topological polar surface area (TPSA) is 70.8 Å². The van der Waals surface area contributed by atoms with Gasteiger partial charge in [-0.05, 0) is 52.0 Å². The van der Waals surface area contributed by atoms with E-state index in [9.17, 15) is 4.79 Å². The maximum Gasteiger partial charge on any atom is 0.226 e. The highest BCUT2D eigenvalue weighted by molar-refractivity contribution is 5.61. The van der Waals surface area contributed by atoms with Crippen molar-refractivity contribution in [2.75, 3.05) is 13.2 Å². The second-order valence-electron chi connectivity index (χ2n) is 7.26. The van der Waals surface area contributed by atoms with Crippen LogP contribution in [0.15, 0.2) is 53.1 Å². The first-order valence-electron chi connectivity index (χ1n) is 10.6. The molecular formula is C25H29NO5. The Hall–Kier alpha value is -3.28. The van der Waals surface area contributed by atoms with Crippen LogP contribution in [0.5, 0.6) is 17.2 Å². The van der Waals surface area contributed by atoms with Gasteiger partial charge in [-0.3, -0.25) is 0 Å². The number of hydrogen-bond acceptors (Lipinski definition) is 6. The Morgan fingerprint density at radius 2 is 1.74 bits per heavy atom. The molecule has 0 saturated heterocycles. The third-order valence-electron chi connectivity index (χ3n) is 4.66. The first kappa shape index (κ1) is 22.4. The summed E-state index contributed by atoms with van der Waals surface area (Å²) in [4.78, 5) is 16.1. The highest BCUT2D eigenvalue weighted by atomic mass is 16.5. The van der Waals surface area contributed by atoms with Gasteiger partial charge in [-0.25, -0.2) is 4.98 Å². The van der Waals surface area contributed by atoms with Crippen molar-refractivity contribution in [3.05, 3.63) is 60.0 Å². The quantitative estimate of drug-likeness (QED) is 0.371. The number of nitrogens with zero attached hydrogens (tertiary/aromatic N) is 1. The molecule has 3 rings (SSSR count). The van der Waals surface area contributed by atoms with Crippen molar-refractivity contribution in [3.8, 4) is 28.7 Å². The van der Waals surface area contributed by atoms with Gasteiger partial charge in [-0.15, -0.1) is 0 Å². The van der Waals surface area contributed by atoms with Gasteiger partial charge in [0.05, 0.1) is 25.0 Å². The fourth-order valence-corrected chi connectivity index (χ4v) is 3.40. The largest absolute Gasteiger partial charge is 0.494 e. The monoisotopic (exact) mass is 423 g/mol. The van der Waals surface area contributed by atoms with Crippen LogP contribution >= 0.6 is 0 Å². The molecule has 0 fully saturated rings. The van der Waals surface area contributed by atoms with E-state index in [2.05, 4.69) is 0 Å². The van der Waals surface area contributed by atoms with Crippen LogP contribution in [0.4, 0.5) is 0 Å². The molecule has 164 valence electrons. The van der Waals surface area contributed by atoms with E-state index < -0.39 is 0 Å². The minimum Gasteiger partial charge on any atom is -0.494 e. The van der Waals surface area contributed by atoms with Crippen molar-refractivity contribution in [2.45, 2.75) is 46.1 Å². The summed E-state index contributed by atoms with van der Waals surface area (Å²) in [6.07, 6.45) is 2.81. The minimum atomic E-state index is -0.257. The van der Waals surface area contributed by atoms with Gasteiger partial charge in [0.1, 0.15) is 18.3 Å². The molecule has 1 heterocycles. The summed E-state index contributed by atoms with van der Waals surface area (Å²) in [6, 6.07) is 13.3. The molecule has 0 aliphatic rings. The van der Waals surface area contributed by atoms with E-state index in [4.69, 9.17) is 23.6 Å². The lowest BCUT2D eigenvalue weighted by Crippen LogP contribution is -2.07. The molecule has 0 radical (unpaired) electrons. The number of rotatable bonds is 11. The fraction of sp³-hybridized carbons (Fsp3) is 0.360. The molecule has 1 atom stereocenters. The lowest BCUT2D eigenvalue weighted by Gasteiger charge is -2.16. The molecule has 0 aliphatic heterocycles. The van der Waals surface area contributed by atoms with Crippen molar-refractivity contribution in [1.29, 1.82) is 0 Å². The van der Waals surface area contributed by atoms with Crippen molar-refractivity contribution in [1.82, 2.24) is 4.98 Å². The van der Waals surface area contributed by atoms with Crippen LogP contribution in [0.3, 0.4) is 0 Å². The number of aldehydes is 1. The molecular weight excluding hydrogens is 394 g/mol. The summed E-state index contributed by atoms with van der Waals surface area (Å²) in [5.41, 5.74) is 2.36. The van der Waals surface area contributed by atoms with Crippen molar-refractivity contribution < 1.29 is 23.4 Å². The number of ether oxygens (including phenoxy) is 3. The summed E-state index contributed by atoms with van der Waals surface area (Å²) >= 11 is 0. The third-order valence-corrected chi connectivity index (χ3v) is 4.66. The summed E-state index contributed by atoms with van der Waals surface area (Å²) in [6.45, 7) is 8.86. The number of para-hydroxylation sites is 1. The maximum absolute atomic E-state index is 11.4. The van der Waals surface area contributed by atoms with Crippen molar-refractivity contribution in [2.24, 2.45) is 0 Å². The Labute approximate surface area is 183 Å². The van der Waals surface area contributed by atoms with Crippen LogP contribution < -0.4 is 14.2 Å². The van der Waals surface area contributed by atoms with Gasteiger partial charge in [-0.2, -0.15) is 0 Å². The number of hydrogen-bond donors (Lipinski definition) is 0. The van der Waals surface area contributed by atoms with Crippen molar-refractivity contribution in [3.63, 3.8) is 0 Å². The van der Waals surface area contributed by atoms with Gasteiger partial charge < -0.3 is 23.4 Å². The second kappa shape index (κ2) is 10.7. The molecule has 3 aromatic rings. The van der Waals surface area contributed by atoms with E-state index in [1.54, 1.807) is 6.26 Å². The standard InChI is InChI=1S/C25H29NO5/c1-5-28-22-10-8-7-9-20(22)19(13-14-27)21-16-30-25(26-21)18-11-12-23(31-17(3)4)24(15-18)29-6-2/h7-12,14-17,19H,5-6,13H2,1-4H3. The Morgan fingerprint density at radius 3 is 2.45 bits per heavy atom. The van der Waals surface area contributed by atoms with E-state index in [0.29, 0.717) is 36.3 Å². The number of aromatic nitrogens is 1. The van der Waals surface area contributed by atoms with Crippen LogP contribution in [0, 0.1) is 0 Å². The predicted octanol–water partition coefficient (Wildman–Crippen LogP) is 5.65. The summed E-state index contributed by atoms with van der Waals surface area (Å²) in [5.74, 6) is 2.26. The summed E-state index contributed by atoms with van der Waals surface area (Å²) in [7, 11) is 0. The van der Waals surface area contributed by atoms with Crippen LogP contribution in [0.25, 0.3) is 11.5 Å². The van der Waals surface area contributed by atoms with Gasteiger partial charge in [0, 0.05) is 23.5 Å². The van der Waals surface area contributed by atoms with Gasteiger partial charge in [0.25, 0.3) is 0 Å². The first-order valence-corrected chi connectivity index (χ1v) is 10.6. The molecule has 0 N–H and O–H groups in total. The maximum atomic E-state index is 11.4. The lowest BCUT2D eigenvalue weighted by atomic mass is 9.92. The molecule has 1 aromatic heterocycles. The Balaban J connectivity index is 1.95. The Bertz CT molecular complexity index is 995. The van der Waals surface area contributed by atoms with E-state index in [0.717, 1.165) is 23.2 Å². The normalized spacial score (nSPS) is 11.9. The van der Waals surface area contributed by atoms with Crippen LogP contribution in [0.1, 0.15) is 51.3 Å². The highest BCUT2D eigenvalue weighted by Gasteiger charge is 2.22. The molecule has 1 unspecified atom stereocenters. The molecule has 2 aromatic carbocycles. The highest BCUT2D eigenvalue weighted by Crippen LogP contribution is 2.37. The molecule has 6 nitrogen and oxygen atoms in total. The van der Waals surface area contributed by atoms with E-state index in [1.165, 1.54) is 0 Å². The Kier molecular flexibility index (Phi) is 7.70. The zero-order chi connectivity index (χ0) is 22.2. The van der Waals surface area contributed by atoms with E-state index >= 15 is 0 Å². The van der Waals surface area contributed by atoms with Crippen LogP contribution in [0.2, 0.25) is 0 Å². The zero-order valence-corrected chi connectivity index (χ0v) is 18.5. The van der Waals surface area contributed by atoms with Gasteiger partial charge >= 0.3 is 0 Å². The number of carbonyl (C=O) groups excluding carboxylic acids is 1. The average molecular weight is 424 g/mol. The molecule has 0 aliphatic carbocycles. The van der Waals surface area contributed by atoms with Gasteiger partial charge in [0.15, 0.2) is 11.5 Å². The lowest BCUT2D eigenvalue weighted by molar-refractivity contribution is -0.108. The number of carbonyl (C=O) groups is 1. The molecule has 6 heteroatoms. The SMILES string of the molecule is CCOc1cc(-c2nc(C(CC=O)c3ccccc3OCC)co2)ccc1OC(C)C. The average Bonchev–Trinajstić information content (AvgIpc) is 3.24. The van der Waals surface area contributed by atoms with E-state index in [-0.39, 0.29) is 18.4 Å². The smallest absolute Gasteiger partial charge is 0.226 e. The third kappa shape index (κ3) is 5.45. The summed E-state index contributed by atoms with van der Waals surface area (Å²) < 4.78 is 23.1. The molecule has 0 bridgehead atoms. The van der Waals surface area contributed by atoms with E-state index in [1.807, 2.05) is 70.2 Å². The molecule has 0 spiro atoms. The number of benzene rings is 2. The second-order valence-corrected chi connectivity index (χ2v) is 7.26. The molecule has 0 saturated carbocycles. The minimum absolute atomic E-state index is 0.0351. The fourth-order valence-electron chi connectivity index (χ4n) is 3.40. The van der Waals surface area contributed by atoms with Gasteiger partial charge in [0.2, 0.25) is 5.89 Å². The summed E-state index contributed by atoms with van der Waals surface area (Å²) in [5, 5.41) is 0. The van der Waals surface area contributed by atoms with Crippen molar-refractivity contribution >= 4 is 6.29 Å². The first-order chi connectivity index (χ1) is 15.1. The Morgan fingerprint density at radius 1 is 1.00 bits per heavy atom. The zero-order valence-electron chi connectivity index (χ0n) is 18.5. The van der Waals surface area contributed by atoms with Crippen LogP contribution in [-0.2, 0) is 4.79 Å². The molecule has 0 amide bonds. The number of oxazole rings is 1.